The second-order valence-corrected chi connectivity index (χ2v) is 5.13. The van der Waals surface area contributed by atoms with Crippen molar-refractivity contribution in [1.29, 1.82) is 0 Å². The molecule has 0 N–H and O–H groups in total. The highest BCUT2D eigenvalue weighted by atomic mass is 16.2. The molecule has 96 valence electrons. The van der Waals surface area contributed by atoms with E-state index in [0.29, 0.717) is 5.56 Å². The van der Waals surface area contributed by atoms with E-state index in [-0.39, 0.29) is 23.7 Å². The van der Waals surface area contributed by atoms with Gasteiger partial charge in [0.1, 0.15) is 0 Å². The van der Waals surface area contributed by atoms with Gasteiger partial charge in [0.15, 0.2) is 5.78 Å². The second-order valence-electron chi connectivity index (χ2n) is 5.13. The van der Waals surface area contributed by atoms with E-state index >= 15 is 0 Å². The minimum absolute atomic E-state index is 0.0138. The zero-order valence-electron chi connectivity index (χ0n) is 11.4. The summed E-state index contributed by atoms with van der Waals surface area (Å²) in [5.74, 6) is -0.108. The molecule has 0 radical (unpaired) electrons. The normalized spacial score (nSPS) is 19.2. The fourth-order valence-electron chi connectivity index (χ4n) is 2.84. The smallest absolute Gasteiger partial charge is 0.235 e. The number of anilines is 1. The van der Waals surface area contributed by atoms with E-state index in [1.807, 2.05) is 45.9 Å². The number of nitrogens with zero attached hydrogens (tertiary/aromatic N) is 1. The van der Waals surface area contributed by atoms with Gasteiger partial charge in [0, 0.05) is 11.1 Å². The summed E-state index contributed by atoms with van der Waals surface area (Å²) in [6, 6.07) is 5.73. The first-order chi connectivity index (χ1) is 8.50. The number of Topliss-reactive ketones (excluding diaryl/α,β-unsaturated/α-hetero) is 1. The molecule has 3 nitrogen and oxygen atoms in total. The Morgan fingerprint density at radius 3 is 2.50 bits per heavy atom. The lowest BCUT2D eigenvalue weighted by atomic mass is 9.99. The molecule has 0 saturated heterocycles. The van der Waals surface area contributed by atoms with Gasteiger partial charge in [-0.1, -0.05) is 26.0 Å². The number of carbonyl (C=O) groups is 2. The minimum atomic E-state index is -0.198. The summed E-state index contributed by atoms with van der Waals surface area (Å²) in [7, 11) is 0. The number of carbonyl (C=O) groups excluding carboxylic acids is 2. The molecule has 0 spiro atoms. The molecular formula is C15H19NO2. The van der Waals surface area contributed by atoms with Gasteiger partial charge in [-0.25, -0.2) is 0 Å². The lowest BCUT2D eigenvalue weighted by Gasteiger charge is -2.35. The Labute approximate surface area is 108 Å². The summed E-state index contributed by atoms with van der Waals surface area (Å²) in [5, 5.41) is 0. The van der Waals surface area contributed by atoms with Crippen LogP contribution in [0.4, 0.5) is 5.69 Å². The second kappa shape index (κ2) is 4.23. The van der Waals surface area contributed by atoms with Crippen LogP contribution in [0.1, 0.15) is 50.0 Å². The topological polar surface area (TPSA) is 37.4 Å². The van der Waals surface area contributed by atoms with Crippen LogP contribution in [-0.4, -0.2) is 17.2 Å². The number of benzene rings is 1. The van der Waals surface area contributed by atoms with Gasteiger partial charge in [-0.3, -0.25) is 9.59 Å². The van der Waals surface area contributed by atoms with Gasteiger partial charge in [0.25, 0.3) is 0 Å². The Kier molecular flexibility index (Phi) is 3.01. The Morgan fingerprint density at radius 1 is 1.17 bits per heavy atom. The summed E-state index contributed by atoms with van der Waals surface area (Å²) >= 11 is 0. The van der Waals surface area contributed by atoms with Gasteiger partial charge >= 0.3 is 0 Å². The molecule has 1 aromatic carbocycles. The molecule has 3 heteroatoms. The average molecular weight is 245 g/mol. The summed E-state index contributed by atoms with van der Waals surface area (Å²) in [5.41, 5.74) is 2.48. The van der Waals surface area contributed by atoms with Crippen molar-refractivity contribution in [2.75, 3.05) is 4.90 Å². The molecule has 2 aliphatic rings. The van der Waals surface area contributed by atoms with Crippen LogP contribution in [0.5, 0.6) is 0 Å². The zero-order chi connectivity index (χ0) is 13.5. The third-order valence-corrected chi connectivity index (χ3v) is 3.43. The molecule has 0 saturated carbocycles. The minimum Gasteiger partial charge on any atom is -0.305 e. The van der Waals surface area contributed by atoms with Crippen LogP contribution in [0.3, 0.4) is 0 Å². The fourth-order valence-corrected chi connectivity index (χ4v) is 2.84. The lowest BCUT2D eigenvalue weighted by molar-refractivity contribution is -0.118. The van der Waals surface area contributed by atoms with Crippen LogP contribution in [0.25, 0.3) is 0 Å². The molecule has 0 atom stereocenters. The number of hydrogen-bond donors (Lipinski definition) is 0. The van der Waals surface area contributed by atoms with E-state index < -0.39 is 0 Å². The number of amides is 1. The highest BCUT2D eigenvalue weighted by Gasteiger charge is 2.45. The zero-order valence-corrected chi connectivity index (χ0v) is 11.4. The third-order valence-electron chi connectivity index (χ3n) is 3.43. The maximum absolute atomic E-state index is 12.0. The van der Waals surface area contributed by atoms with Crippen LogP contribution in [0.15, 0.2) is 18.2 Å². The Morgan fingerprint density at radius 2 is 1.83 bits per heavy atom. The molecule has 1 aromatic rings. The first-order valence-corrected chi connectivity index (χ1v) is 6.49. The van der Waals surface area contributed by atoms with Gasteiger partial charge in [0.05, 0.1) is 12.1 Å². The van der Waals surface area contributed by atoms with Crippen molar-refractivity contribution >= 4 is 17.4 Å². The van der Waals surface area contributed by atoms with Crippen molar-refractivity contribution in [2.45, 2.75) is 46.1 Å². The van der Waals surface area contributed by atoms with Crippen molar-refractivity contribution in [3.8, 4) is 0 Å². The summed E-state index contributed by atoms with van der Waals surface area (Å²) in [6.07, 6.45) is 0.842. The molecule has 0 unspecified atom stereocenters. The molecule has 0 fully saturated rings. The molecule has 0 aromatic heterocycles. The molecule has 1 amide bonds. The monoisotopic (exact) mass is 245 g/mol. The maximum Gasteiger partial charge on any atom is 0.235 e. The van der Waals surface area contributed by atoms with Crippen LogP contribution in [0.2, 0.25) is 0 Å². The predicted molar refractivity (Wildman–Crippen MR) is 72.0 cm³/mol. The number of hydrogen-bond acceptors (Lipinski definition) is 2. The standard InChI is InChI=1S/C13H13NO2.C2H6/c1-13(2)7-8-4-3-5-9-10(15)6-11(16)14(13)12(8)9;1-2/h3-5H,6-7H2,1-2H3;1-2H3. The van der Waals surface area contributed by atoms with Gasteiger partial charge in [-0.15, -0.1) is 0 Å². The van der Waals surface area contributed by atoms with E-state index in [1.165, 1.54) is 0 Å². The van der Waals surface area contributed by atoms with E-state index in [4.69, 9.17) is 0 Å². The maximum atomic E-state index is 12.0. The fraction of sp³-hybridized carbons (Fsp3) is 0.467. The van der Waals surface area contributed by atoms with Crippen LogP contribution >= 0.6 is 0 Å². The number of ketones is 1. The lowest BCUT2D eigenvalue weighted by Crippen LogP contribution is -2.48. The van der Waals surface area contributed by atoms with E-state index in [1.54, 1.807) is 4.90 Å². The third kappa shape index (κ3) is 1.65. The van der Waals surface area contributed by atoms with Crippen LogP contribution in [0, 0.1) is 0 Å². The van der Waals surface area contributed by atoms with Gasteiger partial charge in [0.2, 0.25) is 5.91 Å². The first-order valence-electron chi connectivity index (χ1n) is 6.49. The molecule has 0 bridgehead atoms. The summed E-state index contributed by atoms with van der Waals surface area (Å²) in [6.45, 7) is 8.09. The molecule has 3 rings (SSSR count). The largest absolute Gasteiger partial charge is 0.305 e. The van der Waals surface area contributed by atoms with Crippen LogP contribution in [-0.2, 0) is 11.2 Å². The van der Waals surface area contributed by atoms with E-state index in [2.05, 4.69) is 0 Å². The van der Waals surface area contributed by atoms with Crippen molar-refractivity contribution in [1.82, 2.24) is 0 Å². The Balaban J connectivity index is 0.000000574. The van der Waals surface area contributed by atoms with Crippen molar-refractivity contribution in [2.24, 2.45) is 0 Å². The van der Waals surface area contributed by atoms with E-state index in [0.717, 1.165) is 17.7 Å². The number of para-hydroxylation sites is 1. The van der Waals surface area contributed by atoms with E-state index in [9.17, 15) is 9.59 Å². The Bertz CT molecular complexity index is 517. The van der Waals surface area contributed by atoms with Gasteiger partial charge < -0.3 is 4.90 Å². The number of rotatable bonds is 0. The van der Waals surface area contributed by atoms with Gasteiger partial charge in [-0.05, 0) is 31.9 Å². The quantitative estimate of drug-likeness (QED) is 0.659. The highest BCUT2D eigenvalue weighted by molar-refractivity contribution is 6.21. The van der Waals surface area contributed by atoms with Crippen molar-refractivity contribution < 1.29 is 9.59 Å². The first kappa shape index (κ1) is 12.8. The summed E-state index contributed by atoms with van der Waals surface area (Å²) < 4.78 is 0. The van der Waals surface area contributed by atoms with Crippen molar-refractivity contribution in [3.63, 3.8) is 0 Å². The molecular weight excluding hydrogens is 226 g/mol. The van der Waals surface area contributed by atoms with Crippen molar-refractivity contribution in [3.05, 3.63) is 29.3 Å². The molecule has 2 heterocycles. The SMILES string of the molecule is CC.CC1(C)Cc2cccc3c2N1C(=O)CC3=O. The molecule has 18 heavy (non-hydrogen) atoms. The Hall–Kier alpha value is -1.64. The summed E-state index contributed by atoms with van der Waals surface area (Å²) in [4.78, 5) is 25.5. The highest BCUT2D eigenvalue weighted by Crippen LogP contribution is 2.43. The average Bonchev–Trinajstić information content (AvgIpc) is 2.60. The van der Waals surface area contributed by atoms with Crippen LogP contribution < -0.4 is 4.90 Å². The predicted octanol–water partition coefficient (Wildman–Crippen LogP) is 2.97. The molecule has 0 aliphatic carbocycles. The van der Waals surface area contributed by atoms with Gasteiger partial charge in [-0.2, -0.15) is 0 Å². The molecule has 2 aliphatic heterocycles.